The van der Waals surface area contributed by atoms with Gasteiger partial charge in [0.15, 0.2) is 0 Å². The minimum atomic E-state index is -0.168. The Morgan fingerprint density at radius 3 is 2.59 bits per heavy atom. The Morgan fingerprint density at radius 1 is 1.03 bits per heavy atom. The number of carbonyl (C=O) groups is 1. The van der Waals surface area contributed by atoms with E-state index in [4.69, 9.17) is 16.3 Å². The van der Waals surface area contributed by atoms with Crippen molar-refractivity contribution in [2.24, 2.45) is 5.10 Å². The first kappa shape index (κ1) is 20.6. The van der Waals surface area contributed by atoms with Gasteiger partial charge in [-0.15, -0.1) is 0 Å². The molecule has 0 aliphatic heterocycles. The summed E-state index contributed by atoms with van der Waals surface area (Å²) in [5, 5.41) is 4.74. The van der Waals surface area contributed by atoms with Crippen molar-refractivity contribution in [3.63, 3.8) is 0 Å². The summed E-state index contributed by atoms with van der Waals surface area (Å²) < 4.78 is 5.89. The van der Waals surface area contributed by atoms with Crippen LogP contribution in [0, 0.1) is 13.8 Å². The SMILES string of the molecule is Cc1ccc(CC(=O)N/N=C/c2ccccc2OCc2ccccc2Cl)cc1C. The molecule has 3 aromatic carbocycles. The molecule has 1 N–H and O–H groups in total. The number of nitrogens with one attached hydrogen (secondary N) is 1. The van der Waals surface area contributed by atoms with Crippen molar-refractivity contribution < 1.29 is 9.53 Å². The molecule has 0 heterocycles. The number of aryl methyl sites for hydroxylation is 2. The van der Waals surface area contributed by atoms with Crippen LogP contribution in [0.2, 0.25) is 5.02 Å². The topological polar surface area (TPSA) is 50.7 Å². The van der Waals surface area contributed by atoms with E-state index < -0.39 is 0 Å². The molecule has 5 heteroatoms. The lowest BCUT2D eigenvalue weighted by Gasteiger charge is -2.10. The molecule has 148 valence electrons. The number of para-hydroxylation sites is 1. The van der Waals surface area contributed by atoms with Crippen LogP contribution in [0.25, 0.3) is 0 Å². The number of hydrogen-bond donors (Lipinski definition) is 1. The second kappa shape index (κ2) is 9.89. The maximum atomic E-state index is 12.2. The molecule has 0 aliphatic carbocycles. The Morgan fingerprint density at radius 2 is 1.79 bits per heavy atom. The van der Waals surface area contributed by atoms with E-state index in [1.54, 1.807) is 6.21 Å². The van der Waals surface area contributed by atoms with Gasteiger partial charge >= 0.3 is 0 Å². The fourth-order valence-corrected chi connectivity index (χ4v) is 2.99. The summed E-state index contributed by atoms with van der Waals surface area (Å²) in [4.78, 5) is 12.2. The van der Waals surface area contributed by atoms with Crippen LogP contribution in [0.15, 0.2) is 71.8 Å². The molecule has 0 fully saturated rings. The molecule has 3 aromatic rings. The summed E-state index contributed by atoms with van der Waals surface area (Å²) in [6.07, 6.45) is 1.86. The smallest absolute Gasteiger partial charge is 0.244 e. The molecular weight excluding hydrogens is 384 g/mol. The van der Waals surface area contributed by atoms with Crippen molar-refractivity contribution >= 4 is 23.7 Å². The number of rotatable bonds is 7. The number of halogens is 1. The molecule has 0 bridgehead atoms. The number of ether oxygens (including phenoxy) is 1. The van der Waals surface area contributed by atoms with E-state index in [0.29, 0.717) is 17.4 Å². The third kappa shape index (κ3) is 5.93. The number of carbonyl (C=O) groups excluding carboxylic acids is 1. The van der Waals surface area contributed by atoms with Crippen LogP contribution >= 0.6 is 11.6 Å². The number of hydrogen-bond acceptors (Lipinski definition) is 3. The van der Waals surface area contributed by atoms with Crippen LogP contribution in [0.4, 0.5) is 0 Å². The maximum absolute atomic E-state index is 12.2. The summed E-state index contributed by atoms with van der Waals surface area (Å²) >= 11 is 6.18. The zero-order valence-electron chi connectivity index (χ0n) is 16.5. The van der Waals surface area contributed by atoms with E-state index in [0.717, 1.165) is 16.7 Å². The highest BCUT2D eigenvalue weighted by Crippen LogP contribution is 2.21. The Balaban J connectivity index is 1.59. The molecule has 1 amide bonds. The van der Waals surface area contributed by atoms with Crippen molar-refractivity contribution in [2.75, 3.05) is 0 Å². The van der Waals surface area contributed by atoms with Gasteiger partial charge in [-0.2, -0.15) is 5.10 Å². The molecule has 0 atom stereocenters. The van der Waals surface area contributed by atoms with E-state index in [1.165, 1.54) is 11.1 Å². The third-order valence-electron chi connectivity index (χ3n) is 4.59. The van der Waals surface area contributed by atoms with E-state index in [9.17, 15) is 4.79 Å². The first-order valence-electron chi connectivity index (χ1n) is 9.36. The quantitative estimate of drug-likeness (QED) is 0.431. The highest BCUT2D eigenvalue weighted by atomic mass is 35.5. The summed E-state index contributed by atoms with van der Waals surface area (Å²) in [6, 6.07) is 21.1. The molecular formula is C24H23ClN2O2. The third-order valence-corrected chi connectivity index (χ3v) is 4.96. The lowest BCUT2D eigenvalue weighted by Crippen LogP contribution is -2.19. The molecule has 0 aromatic heterocycles. The lowest BCUT2D eigenvalue weighted by atomic mass is 10.0. The molecule has 29 heavy (non-hydrogen) atoms. The first-order valence-corrected chi connectivity index (χ1v) is 9.74. The Kier molecular flexibility index (Phi) is 7.04. The predicted octanol–water partition coefficient (Wildman–Crippen LogP) is 5.23. The summed E-state index contributed by atoms with van der Waals surface area (Å²) in [7, 11) is 0. The zero-order chi connectivity index (χ0) is 20.6. The van der Waals surface area contributed by atoms with Crippen LogP contribution in [0.1, 0.15) is 27.8 Å². The van der Waals surface area contributed by atoms with Crippen LogP contribution in [0.3, 0.4) is 0 Å². The molecule has 0 saturated carbocycles. The van der Waals surface area contributed by atoms with Crippen molar-refractivity contribution in [1.29, 1.82) is 0 Å². The highest BCUT2D eigenvalue weighted by molar-refractivity contribution is 6.31. The predicted molar refractivity (Wildman–Crippen MR) is 118 cm³/mol. The standard InChI is InChI=1S/C24H23ClN2O2/c1-17-11-12-19(13-18(17)2)14-24(28)27-26-15-20-7-4-6-10-23(20)29-16-21-8-3-5-9-22(21)25/h3-13,15H,14,16H2,1-2H3,(H,27,28)/b26-15+. The summed E-state index contributed by atoms with van der Waals surface area (Å²) in [6.45, 7) is 4.44. The van der Waals surface area contributed by atoms with Crippen molar-refractivity contribution in [2.45, 2.75) is 26.9 Å². The number of nitrogens with zero attached hydrogens (tertiary/aromatic N) is 1. The molecule has 0 unspecified atom stereocenters. The second-order valence-electron chi connectivity index (χ2n) is 6.81. The monoisotopic (exact) mass is 406 g/mol. The molecule has 0 saturated heterocycles. The largest absolute Gasteiger partial charge is 0.488 e. The second-order valence-corrected chi connectivity index (χ2v) is 7.21. The van der Waals surface area contributed by atoms with Gasteiger partial charge in [0.2, 0.25) is 5.91 Å². The Bertz CT molecular complexity index is 1030. The zero-order valence-corrected chi connectivity index (χ0v) is 17.2. The molecule has 0 aliphatic rings. The number of hydrazone groups is 1. The fourth-order valence-electron chi connectivity index (χ4n) is 2.80. The maximum Gasteiger partial charge on any atom is 0.244 e. The molecule has 0 spiro atoms. The normalized spacial score (nSPS) is 10.9. The average Bonchev–Trinajstić information content (AvgIpc) is 2.71. The van der Waals surface area contributed by atoms with Crippen LogP contribution in [0.5, 0.6) is 5.75 Å². The van der Waals surface area contributed by atoms with Gasteiger partial charge in [0, 0.05) is 16.1 Å². The van der Waals surface area contributed by atoms with Gasteiger partial charge in [0.1, 0.15) is 12.4 Å². The van der Waals surface area contributed by atoms with E-state index >= 15 is 0 Å². The van der Waals surface area contributed by atoms with Gasteiger partial charge in [-0.1, -0.05) is 60.1 Å². The molecule has 4 nitrogen and oxygen atoms in total. The molecule has 0 radical (unpaired) electrons. The van der Waals surface area contributed by atoms with E-state index in [1.807, 2.05) is 73.7 Å². The lowest BCUT2D eigenvalue weighted by molar-refractivity contribution is -0.120. The van der Waals surface area contributed by atoms with E-state index in [2.05, 4.69) is 17.5 Å². The van der Waals surface area contributed by atoms with Crippen LogP contribution < -0.4 is 10.2 Å². The van der Waals surface area contributed by atoms with Gasteiger partial charge in [-0.25, -0.2) is 5.43 Å². The Hall–Kier alpha value is -3.11. The first-order chi connectivity index (χ1) is 14.0. The summed E-state index contributed by atoms with van der Waals surface area (Å²) in [5.74, 6) is 0.499. The number of amides is 1. The van der Waals surface area contributed by atoms with Crippen LogP contribution in [-0.4, -0.2) is 12.1 Å². The van der Waals surface area contributed by atoms with Crippen molar-refractivity contribution in [1.82, 2.24) is 5.43 Å². The van der Waals surface area contributed by atoms with Gasteiger partial charge < -0.3 is 4.74 Å². The van der Waals surface area contributed by atoms with Gasteiger partial charge in [-0.3, -0.25) is 4.79 Å². The Labute approximate surface area is 176 Å². The summed E-state index contributed by atoms with van der Waals surface area (Å²) in [5.41, 5.74) is 7.59. The average molecular weight is 407 g/mol. The van der Waals surface area contributed by atoms with Crippen molar-refractivity contribution in [3.8, 4) is 5.75 Å². The van der Waals surface area contributed by atoms with Crippen molar-refractivity contribution in [3.05, 3.63) is 99.6 Å². The van der Waals surface area contributed by atoms with Gasteiger partial charge in [-0.05, 0) is 48.7 Å². The van der Waals surface area contributed by atoms with Gasteiger partial charge in [0.25, 0.3) is 0 Å². The van der Waals surface area contributed by atoms with E-state index in [-0.39, 0.29) is 12.3 Å². The molecule has 3 rings (SSSR count). The minimum absolute atomic E-state index is 0.168. The van der Waals surface area contributed by atoms with Crippen LogP contribution in [-0.2, 0) is 17.8 Å². The minimum Gasteiger partial charge on any atom is -0.488 e. The number of benzene rings is 3. The fraction of sp³-hybridized carbons (Fsp3) is 0.167. The van der Waals surface area contributed by atoms with Gasteiger partial charge in [0.05, 0.1) is 12.6 Å². The highest BCUT2D eigenvalue weighted by Gasteiger charge is 2.06.